The van der Waals surface area contributed by atoms with Gasteiger partial charge in [-0.15, -0.1) is 11.3 Å². The van der Waals surface area contributed by atoms with Crippen LogP contribution in [-0.2, 0) is 0 Å². The van der Waals surface area contributed by atoms with Crippen LogP contribution < -0.4 is 11.1 Å². The van der Waals surface area contributed by atoms with E-state index in [2.05, 4.69) is 22.0 Å². The van der Waals surface area contributed by atoms with Crippen LogP contribution in [0.5, 0.6) is 0 Å². The maximum atomic E-state index is 13.6. The lowest BCUT2D eigenvalue weighted by Gasteiger charge is -2.38. The summed E-state index contributed by atoms with van der Waals surface area (Å²) in [4.78, 5) is 9.31. The zero-order chi connectivity index (χ0) is 19.5. The molecule has 2 aliphatic carbocycles. The molecule has 28 heavy (non-hydrogen) atoms. The molecule has 3 N–H and O–H groups in total. The fourth-order valence-electron chi connectivity index (χ4n) is 4.41. The molecule has 2 atom stereocenters. The maximum Gasteiger partial charge on any atom is 0.248 e. The lowest BCUT2D eigenvalue weighted by atomic mass is 9.71. The summed E-state index contributed by atoms with van der Waals surface area (Å²) in [5.41, 5.74) is 8.41. The van der Waals surface area contributed by atoms with Crippen LogP contribution in [0.1, 0.15) is 61.7 Å². The number of nitrogens with one attached hydrogen (secondary N) is 1. The third kappa shape index (κ3) is 2.92. The van der Waals surface area contributed by atoms with Crippen molar-refractivity contribution in [2.75, 3.05) is 5.73 Å². The number of thiazole rings is 1. The van der Waals surface area contributed by atoms with Crippen LogP contribution in [0.2, 0.25) is 0 Å². The number of aliphatic imine (C=N–C) groups is 1. The van der Waals surface area contributed by atoms with Gasteiger partial charge in [-0.1, -0.05) is 6.58 Å². The van der Waals surface area contributed by atoms with Crippen molar-refractivity contribution in [3.05, 3.63) is 29.4 Å². The predicted molar refractivity (Wildman–Crippen MR) is 106 cm³/mol. The monoisotopic (exact) mass is 404 g/mol. The number of hydrogen-bond donors (Lipinski definition) is 2. The van der Waals surface area contributed by atoms with Crippen molar-refractivity contribution in [2.45, 2.75) is 56.4 Å². The number of rotatable bonds is 3. The minimum atomic E-state index is -2.56. The first kappa shape index (κ1) is 17.8. The van der Waals surface area contributed by atoms with Gasteiger partial charge >= 0.3 is 0 Å². The zero-order valence-corrected chi connectivity index (χ0v) is 16.2. The van der Waals surface area contributed by atoms with Gasteiger partial charge in [0.15, 0.2) is 10.9 Å². The average Bonchev–Trinajstić information content (AvgIpc) is 3.21. The third-order valence-corrected chi connectivity index (χ3v) is 6.87. The zero-order valence-electron chi connectivity index (χ0n) is 15.4. The maximum absolute atomic E-state index is 13.6. The highest BCUT2D eigenvalue weighted by Crippen LogP contribution is 2.46. The molecule has 2 fully saturated rings. The van der Waals surface area contributed by atoms with Gasteiger partial charge in [0.2, 0.25) is 5.92 Å². The molecule has 3 aliphatic rings. The molecule has 148 valence electrons. The van der Waals surface area contributed by atoms with E-state index < -0.39 is 5.92 Å². The predicted octanol–water partition coefficient (Wildman–Crippen LogP) is 4.47. The van der Waals surface area contributed by atoms with Crippen LogP contribution in [0.25, 0.3) is 5.70 Å². The molecule has 1 aliphatic heterocycles. The lowest BCUT2D eigenvalue weighted by molar-refractivity contribution is -0.0448. The van der Waals surface area contributed by atoms with Crippen molar-refractivity contribution in [2.24, 2.45) is 10.9 Å². The number of nitrogens with two attached hydrogens (primary N) is 1. The second-order valence-corrected chi connectivity index (χ2v) is 8.80. The number of nitrogen functional groups attached to an aromatic ring is 1. The molecule has 0 spiro atoms. The van der Waals surface area contributed by atoms with E-state index in [4.69, 9.17) is 10.7 Å². The van der Waals surface area contributed by atoms with Gasteiger partial charge in [-0.25, -0.2) is 23.4 Å². The van der Waals surface area contributed by atoms with Crippen molar-refractivity contribution < 1.29 is 8.78 Å². The Morgan fingerprint density at radius 3 is 2.61 bits per heavy atom. The van der Waals surface area contributed by atoms with E-state index in [0.717, 1.165) is 41.4 Å². The Morgan fingerprint density at radius 2 is 1.96 bits per heavy atom. The normalized spacial score (nSPS) is 26.9. The summed E-state index contributed by atoms with van der Waals surface area (Å²) in [5, 5.41) is 10.4. The molecule has 0 amide bonds. The van der Waals surface area contributed by atoms with Crippen LogP contribution in [0, 0.1) is 5.92 Å². The first-order valence-corrected chi connectivity index (χ1v) is 10.5. The summed E-state index contributed by atoms with van der Waals surface area (Å²) < 4.78 is 28.9. The van der Waals surface area contributed by atoms with Gasteiger partial charge in [-0.3, -0.25) is 0 Å². The number of hydrogen-bond acceptors (Lipinski definition) is 6. The quantitative estimate of drug-likeness (QED) is 0.791. The highest BCUT2D eigenvalue weighted by Gasteiger charge is 2.40. The van der Waals surface area contributed by atoms with Crippen LogP contribution in [-0.4, -0.2) is 26.5 Å². The van der Waals surface area contributed by atoms with E-state index in [1.165, 1.54) is 11.3 Å². The third-order valence-electron chi connectivity index (χ3n) is 6.18. The molecule has 9 heteroatoms. The molecular formula is C19H22F2N6S. The largest absolute Gasteiger partial charge is 0.375 e. The van der Waals surface area contributed by atoms with Crippen molar-refractivity contribution in [1.29, 1.82) is 0 Å². The standard InChI is InChI=1S/C19H22F2N6S/c1-10-14-8-23-27(11-4-6-19(20,21)7-5-11)17(14)26-16(24-10)13-3-2-12(13)15-9-28-18(22)25-15/h8-9,11-13H,1-7H2,(H2,22,25)(H,24,26)/t12-,13-/m1/s1. The van der Waals surface area contributed by atoms with Gasteiger partial charge in [0.1, 0.15) is 5.84 Å². The molecule has 0 saturated heterocycles. The summed E-state index contributed by atoms with van der Waals surface area (Å²) >= 11 is 1.46. The van der Waals surface area contributed by atoms with Gasteiger partial charge in [-0.2, -0.15) is 5.10 Å². The summed E-state index contributed by atoms with van der Waals surface area (Å²) in [6.07, 6.45) is 4.42. The summed E-state index contributed by atoms with van der Waals surface area (Å²) in [6.45, 7) is 4.13. The molecule has 5 rings (SSSR count). The molecule has 0 bridgehead atoms. The number of anilines is 1. The second kappa shape index (κ2) is 6.37. The van der Waals surface area contributed by atoms with Gasteiger partial charge < -0.3 is 11.1 Å². The summed E-state index contributed by atoms with van der Waals surface area (Å²) in [6, 6.07) is -0.0465. The highest BCUT2D eigenvalue weighted by molar-refractivity contribution is 7.13. The number of halogens is 2. The molecule has 2 saturated carbocycles. The average molecular weight is 404 g/mol. The van der Waals surface area contributed by atoms with E-state index in [0.29, 0.717) is 23.9 Å². The highest BCUT2D eigenvalue weighted by atomic mass is 32.1. The number of amidine groups is 1. The Hall–Kier alpha value is -2.29. The molecule has 2 aromatic rings. The van der Waals surface area contributed by atoms with Crippen molar-refractivity contribution in [1.82, 2.24) is 20.1 Å². The molecule has 0 unspecified atom stereocenters. The number of fused-ring (bicyclic) bond motifs is 1. The number of nitrogens with zero attached hydrogens (tertiary/aromatic N) is 4. The van der Waals surface area contributed by atoms with E-state index in [1.54, 1.807) is 6.20 Å². The Labute approximate surface area is 165 Å². The first-order valence-electron chi connectivity index (χ1n) is 9.62. The van der Waals surface area contributed by atoms with Crippen LogP contribution >= 0.6 is 11.3 Å². The Bertz CT molecular complexity index is 952. The van der Waals surface area contributed by atoms with Gasteiger partial charge in [-0.05, 0) is 25.7 Å². The minimum absolute atomic E-state index is 0.0465. The summed E-state index contributed by atoms with van der Waals surface area (Å²) in [7, 11) is 0. The Balaban J connectivity index is 1.43. The fourth-order valence-corrected chi connectivity index (χ4v) is 5.04. The molecule has 0 aromatic carbocycles. The SMILES string of the molecule is C=C1NC([C@@H]2CC[C@H]2c2csc(N)n2)=Nc2c1cnn2C1CCC(F)(F)CC1. The van der Waals surface area contributed by atoms with Crippen LogP contribution in [0.15, 0.2) is 23.1 Å². The minimum Gasteiger partial charge on any atom is -0.375 e. The van der Waals surface area contributed by atoms with Gasteiger partial charge in [0, 0.05) is 35.8 Å². The van der Waals surface area contributed by atoms with Gasteiger partial charge in [0.25, 0.3) is 0 Å². The van der Waals surface area contributed by atoms with Crippen LogP contribution in [0.3, 0.4) is 0 Å². The molecule has 6 nitrogen and oxygen atoms in total. The van der Waals surface area contributed by atoms with E-state index >= 15 is 0 Å². The van der Waals surface area contributed by atoms with E-state index in [-0.39, 0.29) is 24.8 Å². The smallest absolute Gasteiger partial charge is 0.248 e. The van der Waals surface area contributed by atoms with Crippen LogP contribution in [0.4, 0.5) is 19.7 Å². The van der Waals surface area contributed by atoms with Gasteiger partial charge in [0.05, 0.1) is 23.5 Å². The molecule has 2 aromatic heterocycles. The Kier molecular flexibility index (Phi) is 4.04. The van der Waals surface area contributed by atoms with Crippen molar-refractivity contribution >= 4 is 33.8 Å². The first-order chi connectivity index (χ1) is 13.4. The lowest BCUT2D eigenvalue weighted by Crippen LogP contribution is -2.40. The Morgan fingerprint density at radius 1 is 1.21 bits per heavy atom. The molecule has 0 radical (unpaired) electrons. The molecular weight excluding hydrogens is 382 g/mol. The molecule has 3 heterocycles. The summed E-state index contributed by atoms with van der Waals surface area (Å²) in [5.74, 6) is -0.442. The number of aromatic nitrogens is 3. The number of alkyl halides is 2. The van der Waals surface area contributed by atoms with E-state index in [9.17, 15) is 8.78 Å². The second-order valence-electron chi connectivity index (χ2n) is 7.92. The van der Waals surface area contributed by atoms with E-state index in [1.807, 2.05) is 10.1 Å². The van der Waals surface area contributed by atoms with Crippen molar-refractivity contribution in [3.8, 4) is 0 Å². The topological polar surface area (TPSA) is 81.1 Å². The fraction of sp³-hybridized carbons (Fsp3) is 0.526. The van der Waals surface area contributed by atoms with Crippen molar-refractivity contribution in [3.63, 3.8) is 0 Å².